The Morgan fingerprint density at radius 2 is 1.88 bits per heavy atom. The summed E-state index contributed by atoms with van der Waals surface area (Å²) in [6.45, 7) is 2.73. The minimum atomic E-state index is -4.37. The molecule has 2 aromatic rings. The van der Waals surface area contributed by atoms with Crippen molar-refractivity contribution in [3.63, 3.8) is 0 Å². The zero-order valence-electron chi connectivity index (χ0n) is 13.8. The van der Waals surface area contributed by atoms with E-state index in [1.165, 1.54) is 12.1 Å². The lowest BCUT2D eigenvalue weighted by Crippen LogP contribution is -2.20. The Morgan fingerprint density at radius 3 is 2.52 bits per heavy atom. The SMILES string of the molecule is CCCCNc1cc(C(=O)OS(N)(=O)=O)ccc1Oc1ccccc1. The van der Waals surface area contributed by atoms with Gasteiger partial charge in [0.1, 0.15) is 5.75 Å². The van der Waals surface area contributed by atoms with Crippen LogP contribution in [0.4, 0.5) is 5.69 Å². The van der Waals surface area contributed by atoms with E-state index < -0.39 is 16.3 Å². The molecule has 0 heterocycles. The van der Waals surface area contributed by atoms with Crippen molar-refractivity contribution in [1.82, 2.24) is 0 Å². The highest BCUT2D eigenvalue weighted by molar-refractivity contribution is 7.84. The molecule has 0 radical (unpaired) electrons. The maximum absolute atomic E-state index is 11.9. The predicted octanol–water partition coefficient (Wildman–Crippen LogP) is 3.05. The van der Waals surface area contributed by atoms with Gasteiger partial charge in [0.2, 0.25) is 0 Å². The molecule has 134 valence electrons. The second kappa shape index (κ2) is 8.50. The van der Waals surface area contributed by atoms with E-state index in [1.807, 2.05) is 18.2 Å². The van der Waals surface area contributed by atoms with Crippen LogP contribution in [0.5, 0.6) is 11.5 Å². The number of ether oxygens (including phenoxy) is 1. The highest BCUT2D eigenvalue weighted by Gasteiger charge is 2.16. The molecule has 0 aliphatic heterocycles. The van der Waals surface area contributed by atoms with E-state index in [-0.39, 0.29) is 5.56 Å². The van der Waals surface area contributed by atoms with Crippen LogP contribution < -0.4 is 15.2 Å². The molecule has 0 bridgehead atoms. The number of nitrogens with two attached hydrogens (primary N) is 1. The number of benzene rings is 2. The lowest BCUT2D eigenvalue weighted by atomic mass is 10.2. The third-order valence-corrected chi connectivity index (χ3v) is 3.61. The van der Waals surface area contributed by atoms with Gasteiger partial charge in [-0.2, -0.15) is 13.6 Å². The number of hydrogen-bond acceptors (Lipinski definition) is 6. The fourth-order valence-corrected chi connectivity index (χ4v) is 2.36. The third kappa shape index (κ3) is 6.09. The zero-order valence-corrected chi connectivity index (χ0v) is 14.6. The van der Waals surface area contributed by atoms with E-state index in [2.05, 4.69) is 16.4 Å². The molecule has 0 amide bonds. The lowest BCUT2D eigenvalue weighted by Gasteiger charge is -2.14. The predicted molar refractivity (Wildman–Crippen MR) is 94.9 cm³/mol. The van der Waals surface area contributed by atoms with Crippen molar-refractivity contribution in [3.05, 3.63) is 54.1 Å². The Morgan fingerprint density at radius 1 is 1.16 bits per heavy atom. The Balaban J connectivity index is 2.27. The summed E-state index contributed by atoms with van der Waals surface area (Å²) in [4.78, 5) is 11.9. The summed E-state index contributed by atoms with van der Waals surface area (Å²) in [6, 6.07) is 13.6. The van der Waals surface area contributed by atoms with Gasteiger partial charge in [-0.1, -0.05) is 31.5 Å². The van der Waals surface area contributed by atoms with Crippen LogP contribution in [0.25, 0.3) is 0 Å². The first-order valence-corrected chi connectivity index (χ1v) is 9.23. The van der Waals surface area contributed by atoms with Gasteiger partial charge in [0, 0.05) is 6.54 Å². The van der Waals surface area contributed by atoms with E-state index in [0.717, 1.165) is 12.8 Å². The minimum absolute atomic E-state index is 0.0495. The van der Waals surface area contributed by atoms with Gasteiger partial charge >= 0.3 is 16.3 Å². The van der Waals surface area contributed by atoms with Gasteiger partial charge in [-0.25, -0.2) is 4.79 Å². The van der Waals surface area contributed by atoms with Gasteiger partial charge in [-0.05, 0) is 36.8 Å². The van der Waals surface area contributed by atoms with Crippen LogP contribution in [0, 0.1) is 0 Å². The molecule has 2 aromatic carbocycles. The Hall–Kier alpha value is -2.58. The number of rotatable bonds is 8. The number of carbonyl (C=O) groups is 1. The van der Waals surface area contributed by atoms with E-state index in [1.54, 1.807) is 18.2 Å². The molecule has 0 unspecified atom stereocenters. The standard InChI is InChI=1S/C17H20N2O5S/c1-2-3-11-19-15-12-13(17(20)24-25(18,21)22)9-10-16(15)23-14-7-5-4-6-8-14/h4-10,12,19H,2-3,11H2,1H3,(H2,18,21,22). The monoisotopic (exact) mass is 364 g/mol. The number of anilines is 1. The molecule has 0 spiro atoms. The summed E-state index contributed by atoms with van der Waals surface area (Å²) in [6.07, 6.45) is 1.92. The first kappa shape index (κ1) is 18.8. The van der Waals surface area contributed by atoms with Crippen LogP contribution >= 0.6 is 0 Å². The molecule has 7 nitrogen and oxygen atoms in total. The van der Waals surface area contributed by atoms with Crippen molar-refractivity contribution in [2.24, 2.45) is 5.14 Å². The molecule has 0 saturated heterocycles. The van der Waals surface area contributed by atoms with Crippen molar-refractivity contribution in [3.8, 4) is 11.5 Å². The third-order valence-electron chi connectivity index (χ3n) is 3.22. The molecule has 0 aromatic heterocycles. The van der Waals surface area contributed by atoms with Crippen LogP contribution in [0.2, 0.25) is 0 Å². The smallest absolute Gasteiger partial charge is 0.382 e. The quantitative estimate of drug-likeness (QED) is 0.697. The van der Waals surface area contributed by atoms with E-state index in [0.29, 0.717) is 23.7 Å². The first-order valence-electron chi connectivity index (χ1n) is 7.76. The molecular formula is C17H20N2O5S. The molecule has 0 aliphatic carbocycles. The highest BCUT2D eigenvalue weighted by atomic mass is 32.2. The molecule has 3 N–H and O–H groups in total. The first-order chi connectivity index (χ1) is 11.9. The van der Waals surface area contributed by atoms with E-state index in [9.17, 15) is 13.2 Å². The van der Waals surface area contributed by atoms with Gasteiger partial charge < -0.3 is 14.2 Å². The number of para-hydroxylation sites is 1. The van der Waals surface area contributed by atoms with Gasteiger partial charge in [-0.3, -0.25) is 0 Å². The van der Waals surface area contributed by atoms with Crippen molar-refractivity contribution < 1.29 is 22.1 Å². The normalized spacial score (nSPS) is 11.0. The van der Waals surface area contributed by atoms with Crippen molar-refractivity contribution >= 4 is 22.0 Å². The summed E-state index contributed by atoms with van der Waals surface area (Å²) in [5.41, 5.74) is 0.606. The van der Waals surface area contributed by atoms with Crippen LogP contribution in [-0.2, 0) is 14.5 Å². The fourth-order valence-electron chi connectivity index (χ4n) is 2.05. The summed E-state index contributed by atoms with van der Waals surface area (Å²) < 4.78 is 31.8. The minimum Gasteiger partial charge on any atom is -0.455 e. The Labute approximate surface area is 147 Å². The van der Waals surface area contributed by atoms with E-state index >= 15 is 0 Å². The maximum Gasteiger partial charge on any atom is 0.382 e. The number of unbranched alkanes of at least 4 members (excludes halogenated alkanes) is 1. The maximum atomic E-state index is 11.9. The summed E-state index contributed by atoms with van der Waals surface area (Å²) in [5.74, 6) is 0.0997. The summed E-state index contributed by atoms with van der Waals surface area (Å²) in [5, 5.41) is 7.91. The Kier molecular flexibility index (Phi) is 6.37. The second-order valence-corrected chi connectivity index (χ2v) is 6.42. The van der Waals surface area contributed by atoms with Crippen LogP contribution in [-0.4, -0.2) is 20.9 Å². The molecule has 0 fully saturated rings. The van der Waals surface area contributed by atoms with Gasteiger partial charge in [0.05, 0.1) is 11.3 Å². The van der Waals surface area contributed by atoms with Gasteiger partial charge in [0.15, 0.2) is 5.75 Å². The summed E-state index contributed by atoms with van der Waals surface area (Å²) >= 11 is 0. The Bertz CT molecular complexity index is 822. The number of hydrogen-bond donors (Lipinski definition) is 2. The summed E-state index contributed by atoms with van der Waals surface area (Å²) in [7, 11) is -4.37. The van der Waals surface area contributed by atoms with Crippen molar-refractivity contribution in [1.29, 1.82) is 0 Å². The van der Waals surface area contributed by atoms with Gasteiger partial charge in [0.25, 0.3) is 0 Å². The van der Waals surface area contributed by atoms with Crippen LogP contribution in [0.15, 0.2) is 48.5 Å². The molecule has 8 heteroatoms. The molecule has 2 rings (SSSR count). The topological polar surface area (TPSA) is 108 Å². The zero-order chi connectivity index (χ0) is 18.3. The molecule has 0 saturated carbocycles. The number of carbonyl (C=O) groups excluding carboxylic acids is 1. The fraction of sp³-hybridized carbons (Fsp3) is 0.235. The highest BCUT2D eigenvalue weighted by Crippen LogP contribution is 2.31. The molecular weight excluding hydrogens is 344 g/mol. The number of nitrogens with one attached hydrogen (secondary N) is 1. The molecule has 0 aliphatic rings. The van der Waals surface area contributed by atoms with Gasteiger partial charge in [-0.15, -0.1) is 0 Å². The van der Waals surface area contributed by atoms with Crippen LogP contribution in [0.1, 0.15) is 30.1 Å². The largest absolute Gasteiger partial charge is 0.455 e. The second-order valence-electron chi connectivity index (χ2n) is 5.27. The van der Waals surface area contributed by atoms with Crippen molar-refractivity contribution in [2.75, 3.05) is 11.9 Å². The van der Waals surface area contributed by atoms with E-state index in [4.69, 9.17) is 9.88 Å². The van der Waals surface area contributed by atoms with Crippen molar-refractivity contribution in [2.45, 2.75) is 19.8 Å². The lowest BCUT2D eigenvalue weighted by molar-refractivity contribution is 0.0747. The van der Waals surface area contributed by atoms with Crippen LogP contribution in [0.3, 0.4) is 0 Å². The average molecular weight is 364 g/mol. The average Bonchev–Trinajstić information content (AvgIpc) is 2.56. The molecule has 25 heavy (non-hydrogen) atoms. The molecule has 0 atom stereocenters.